The van der Waals surface area contributed by atoms with E-state index in [-0.39, 0.29) is 5.54 Å². The van der Waals surface area contributed by atoms with Crippen molar-refractivity contribution in [3.63, 3.8) is 0 Å². The van der Waals surface area contributed by atoms with Gasteiger partial charge >= 0.3 is 0 Å². The minimum Gasteiger partial charge on any atom is -0.360 e. The highest BCUT2D eigenvalue weighted by molar-refractivity contribution is 5.06. The van der Waals surface area contributed by atoms with E-state index in [9.17, 15) is 0 Å². The summed E-state index contributed by atoms with van der Waals surface area (Å²) in [6.07, 6.45) is 2.63. The standard InChI is InChI=1S/C16H29N3O/c1-12-6-7-13(2)19(10-12)11-15-8-14(18-20-15)9-17-16(3,4)5/h8,12-13,17H,6-7,9-11H2,1-5H3. The van der Waals surface area contributed by atoms with E-state index in [0.717, 1.165) is 37.0 Å². The summed E-state index contributed by atoms with van der Waals surface area (Å²) in [5.41, 5.74) is 1.10. The van der Waals surface area contributed by atoms with E-state index >= 15 is 0 Å². The van der Waals surface area contributed by atoms with Gasteiger partial charge in [0, 0.05) is 30.7 Å². The first kappa shape index (κ1) is 15.5. The molecular formula is C16H29N3O. The van der Waals surface area contributed by atoms with Gasteiger partial charge < -0.3 is 9.84 Å². The summed E-state index contributed by atoms with van der Waals surface area (Å²) in [6, 6.07) is 2.73. The summed E-state index contributed by atoms with van der Waals surface area (Å²) in [5, 5.41) is 7.60. The van der Waals surface area contributed by atoms with Crippen molar-refractivity contribution in [1.29, 1.82) is 0 Å². The molecule has 2 rings (SSSR count). The van der Waals surface area contributed by atoms with Crippen LogP contribution in [0.5, 0.6) is 0 Å². The Morgan fingerprint density at radius 2 is 2.10 bits per heavy atom. The first-order chi connectivity index (χ1) is 9.33. The van der Waals surface area contributed by atoms with Crippen molar-refractivity contribution in [1.82, 2.24) is 15.4 Å². The molecule has 0 radical (unpaired) electrons. The quantitative estimate of drug-likeness (QED) is 0.919. The van der Waals surface area contributed by atoms with Crippen molar-refractivity contribution < 1.29 is 4.52 Å². The van der Waals surface area contributed by atoms with Crippen LogP contribution in [0, 0.1) is 5.92 Å². The second-order valence-electron chi connectivity index (χ2n) is 7.35. The van der Waals surface area contributed by atoms with Gasteiger partial charge in [0.25, 0.3) is 0 Å². The van der Waals surface area contributed by atoms with Crippen LogP contribution in [-0.2, 0) is 13.1 Å². The van der Waals surface area contributed by atoms with Gasteiger partial charge in [-0.2, -0.15) is 0 Å². The summed E-state index contributed by atoms with van der Waals surface area (Å²) in [5.74, 6) is 1.77. The molecule has 0 spiro atoms. The van der Waals surface area contributed by atoms with Gasteiger partial charge in [0.2, 0.25) is 0 Å². The number of nitrogens with zero attached hydrogens (tertiary/aromatic N) is 2. The number of aromatic nitrogens is 1. The number of rotatable bonds is 4. The van der Waals surface area contributed by atoms with Crippen molar-refractivity contribution >= 4 is 0 Å². The number of piperidine rings is 1. The van der Waals surface area contributed by atoms with E-state index < -0.39 is 0 Å². The normalized spacial score (nSPS) is 25.1. The van der Waals surface area contributed by atoms with Gasteiger partial charge in [-0.3, -0.25) is 4.90 Å². The zero-order valence-corrected chi connectivity index (χ0v) is 13.6. The predicted octanol–water partition coefficient (Wildman–Crippen LogP) is 3.18. The van der Waals surface area contributed by atoms with Crippen molar-refractivity contribution in [3.05, 3.63) is 17.5 Å². The number of likely N-dealkylation sites (tertiary alicyclic amines) is 1. The van der Waals surface area contributed by atoms with Crippen LogP contribution in [0.25, 0.3) is 0 Å². The molecule has 0 amide bonds. The Kier molecular flexibility index (Phi) is 4.86. The van der Waals surface area contributed by atoms with Crippen LogP contribution in [0.1, 0.15) is 58.9 Å². The van der Waals surface area contributed by atoms with Crippen LogP contribution in [0.4, 0.5) is 0 Å². The van der Waals surface area contributed by atoms with Crippen molar-refractivity contribution in [2.75, 3.05) is 6.54 Å². The first-order valence-corrected chi connectivity index (χ1v) is 7.77. The second kappa shape index (κ2) is 6.27. The second-order valence-corrected chi connectivity index (χ2v) is 7.35. The lowest BCUT2D eigenvalue weighted by Gasteiger charge is -2.35. The fourth-order valence-corrected chi connectivity index (χ4v) is 2.67. The largest absolute Gasteiger partial charge is 0.360 e. The van der Waals surface area contributed by atoms with Crippen molar-refractivity contribution in [2.45, 2.75) is 72.1 Å². The Morgan fingerprint density at radius 1 is 1.35 bits per heavy atom. The van der Waals surface area contributed by atoms with E-state index in [0.29, 0.717) is 6.04 Å². The SMILES string of the molecule is CC1CCC(C)N(Cc2cc(CNC(C)(C)C)no2)C1. The van der Waals surface area contributed by atoms with Gasteiger partial charge in [0.05, 0.1) is 12.2 Å². The molecule has 0 aromatic carbocycles. The Hall–Kier alpha value is -0.870. The van der Waals surface area contributed by atoms with E-state index in [1.807, 2.05) is 0 Å². The summed E-state index contributed by atoms with van der Waals surface area (Å²) >= 11 is 0. The summed E-state index contributed by atoms with van der Waals surface area (Å²) in [4.78, 5) is 2.51. The lowest BCUT2D eigenvalue weighted by molar-refractivity contribution is 0.106. The van der Waals surface area contributed by atoms with Crippen LogP contribution in [-0.4, -0.2) is 28.2 Å². The molecule has 2 unspecified atom stereocenters. The van der Waals surface area contributed by atoms with Crippen molar-refractivity contribution in [2.24, 2.45) is 5.92 Å². The zero-order chi connectivity index (χ0) is 14.8. The van der Waals surface area contributed by atoms with E-state index in [1.54, 1.807) is 0 Å². The molecule has 0 saturated carbocycles. The van der Waals surface area contributed by atoms with Gasteiger partial charge in [-0.05, 0) is 46.5 Å². The third-order valence-corrected chi connectivity index (χ3v) is 4.01. The average molecular weight is 279 g/mol. The maximum Gasteiger partial charge on any atom is 0.151 e. The minimum atomic E-state index is 0.107. The van der Waals surface area contributed by atoms with Crippen molar-refractivity contribution in [3.8, 4) is 0 Å². The molecule has 1 aromatic rings. The van der Waals surface area contributed by atoms with Crippen LogP contribution in [0.3, 0.4) is 0 Å². The molecular weight excluding hydrogens is 250 g/mol. The molecule has 1 aliphatic heterocycles. The summed E-state index contributed by atoms with van der Waals surface area (Å²) in [7, 11) is 0. The molecule has 2 atom stereocenters. The maximum atomic E-state index is 5.48. The monoisotopic (exact) mass is 279 g/mol. The van der Waals surface area contributed by atoms with Gasteiger partial charge in [-0.25, -0.2) is 0 Å². The van der Waals surface area contributed by atoms with Gasteiger partial charge in [-0.15, -0.1) is 0 Å². The molecule has 1 fully saturated rings. The Labute approximate surface area is 122 Å². The summed E-state index contributed by atoms with van der Waals surface area (Å²) < 4.78 is 5.48. The molecule has 1 aromatic heterocycles. The highest BCUT2D eigenvalue weighted by atomic mass is 16.5. The van der Waals surface area contributed by atoms with E-state index in [4.69, 9.17) is 4.52 Å². The van der Waals surface area contributed by atoms with Crippen LogP contribution < -0.4 is 5.32 Å². The molecule has 1 aliphatic rings. The molecule has 0 bridgehead atoms. The molecule has 4 nitrogen and oxygen atoms in total. The topological polar surface area (TPSA) is 41.3 Å². The average Bonchev–Trinajstić information content (AvgIpc) is 2.78. The third-order valence-electron chi connectivity index (χ3n) is 4.01. The predicted molar refractivity (Wildman–Crippen MR) is 81.4 cm³/mol. The lowest BCUT2D eigenvalue weighted by atomic mass is 9.95. The van der Waals surface area contributed by atoms with Crippen LogP contribution in [0.15, 0.2) is 10.6 Å². The van der Waals surface area contributed by atoms with Crippen LogP contribution in [0.2, 0.25) is 0 Å². The molecule has 0 aliphatic carbocycles. The highest BCUT2D eigenvalue weighted by Gasteiger charge is 2.24. The highest BCUT2D eigenvalue weighted by Crippen LogP contribution is 2.23. The fraction of sp³-hybridized carbons (Fsp3) is 0.812. The van der Waals surface area contributed by atoms with E-state index in [2.05, 4.69) is 56.1 Å². The smallest absolute Gasteiger partial charge is 0.151 e. The lowest BCUT2D eigenvalue weighted by Crippen LogP contribution is -2.40. The molecule has 20 heavy (non-hydrogen) atoms. The van der Waals surface area contributed by atoms with Gasteiger partial charge in [0.15, 0.2) is 5.76 Å². The molecule has 1 saturated heterocycles. The third kappa shape index (κ3) is 4.60. The Bertz CT molecular complexity index is 422. The first-order valence-electron chi connectivity index (χ1n) is 7.77. The maximum absolute atomic E-state index is 5.48. The Balaban J connectivity index is 1.89. The minimum absolute atomic E-state index is 0.107. The van der Waals surface area contributed by atoms with Crippen LogP contribution >= 0.6 is 0 Å². The number of nitrogens with one attached hydrogen (secondary N) is 1. The fourth-order valence-electron chi connectivity index (χ4n) is 2.67. The zero-order valence-electron chi connectivity index (χ0n) is 13.6. The van der Waals surface area contributed by atoms with E-state index in [1.165, 1.54) is 12.8 Å². The molecule has 2 heterocycles. The molecule has 1 N–H and O–H groups in total. The van der Waals surface area contributed by atoms with Gasteiger partial charge in [0.1, 0.15) is 0 Å². The molecule has 114 valence electrons. The number of hydrogen-bond acceptors (Lipinski definition) is 4. The Morgan fingerprint density at radius 3 is 2.80 bits per heavy atom. The number of hydrogen-bond donors (Lipinski definition) is 1. The van der Waals surface area contributed by atoms with Gasteiger partial charge in [-0.1, -0.05) is 12.1 Å². The summed E-state index contributed by atoms with van der Waals surface area (Å²) in [6.45, 7) is 13.9. The molecule has 4 heteroatoms.